The summed E-state index contributed by atoms with van der Waals surface area (Å²) in [5.74, 6) is 2.47. The zero-order valence-corrected chi connectivity index (χ0v) is 15.6. The maximum absolute atomic E-state index is 12.9. The number of rotatable bonds is 3. The van der Waals surface area contributed by atoms with Crippen molar-refractivity contribution in [1.29, 1.82) is 0 Å². The normalized spacial score (nSPS) is 20.8. The van der Waals surface area contributed by atoms with E-state index in [2.05, 4.69) is 34.7 Å². The van der Waals surface area contributed by atoms with E-state index in [4.69, 9.17) is 4.74 Å². The van der Waals surface area contributed by atoms with E-state index in [1.165, 1.54) is 4.88 Å². The van der Waals surface area contributed by atoms with Gasteiger partial charge >= 0.3 is 0 Å². The Balaban J connectivity index is 1.47. The molecule has 0 N–H and O–H groups in total. The molecule has 1 atom stereocenters. The number of amides is 1. The van der Waals surface area contributed by atoms with Gasteiger partial charge in [-0.1, -0.05) is 13.8 Å². The molecule has 7 heteroatoms. The zero-order chi connectivity index (χ0) is 17.4. The molecule has 0 unspecified atom stereocenters. The Bertz CT molecular complexity index is 761. The summed E-state index contributed by atoms with van der Waals surface area (Å²) in [5.41, 5.74) is 0. The summed E-state index contributed by atoms with van der Waals surface area (Å²) in [5, 5.41) is 8.63. The van der Waals surface area contributed by atoms with Crippen LogP contribution in [0.1, 0.15) is 64.9 Å². The molecule has 2 aromatic heterocycles. The molecule has 0 saturated carbocycles. The Morgan fingerprint density at radius 1 is 1.28 bits per heavy atom. The second kappa shape index (κ2) is 6.88. The summed E-state index contributed by atoms with van der Waals surface area (Å²) in [6.45, 7) is 7.26. The van der Waals surface area contributed by atoms with Gasteiger partial charge in [-0.05, 0) is 25.0 Å². The van der Waals surface area contributed by atoms with Crippen LogP contribution in [0.25, 0.3) is 0 Å². The SMILES string of the molecule is CC(C)c1nnc2n1CCN(C(=O)c1ccc([C@@H]3CCCO3)s1)CC2. The van der Waals surface area contributed by atoms with Crippen LogP contribution in [0.15, 0.2) is 12.1 Å². The van der Waals surface area contributed by atoms with Crippen LogP contribution in [0.3, 0.4) is 0 Å². The van der Waals surface area contributed by atoms with Crippen molar-refractivity contribution < 1.29 is 9.53 Å². The molecule has 0 bridgehead atoms. The predicted molar refractivity (Wildman–Crippen MR) is 96.0 cm³/mol. The molecule has 4 rings (SSSR count). The first-order chi connectivity index (χ1) is 12.1. The quantitative estimate of drug-likeness (QED) is 0.844. The van der Waals surface area contributed by atoms with Gasteiger partial charge in [0.15, 0.2) is 0 Å². The first-order valence-electron chi connectivity index (χ1n) is 9.06. The van der Waals surface area contributed by atoms with Crippen molar-refractivity contribution in [2.45, 2.75) is 51.7 Å². The van der Waals surface area contributed by atoms with Crippen LogP contribution in [-0.2, 0) is 17.7 Å². The van der Waals surface area contributed by atoms with E-state index < -0.39 is 0 Å². The number of ether oxygens (including phenoxy) is 1. The second-order valence-electron chi connectivity index (χ2n) is 7.03. The van der Waals surface area contributed by atoms with Crippen molar-refractivity contribution in [1.82, 2.24) is 19.7 Å². The van der Waals surface area contributed by atoms with Crippen LogP contribution in [-0.4, -0.2) is 45.3 Å². The summed E-state index contributed by atoms with van der Waals surface area (Å²) < 4.78 is 7.92. The van der Waals surface area contributed by atoms with Crippen molar-refractivity contribution >= 4 is 17.2 Å². The molecule has 6 nitrogen and oxygen atoms in total. The van der Waals surface area contributed by atoms with Gasteiger partial charge in [0.1, 0.15) is 11.6 Å². The molecular weight excluding hydrogens is 336 g/mol. The number of carbonyl (C=O) groups is 1. The third-order valence-corrected chi connectivity index (χ3v) is 6.11. The van der Waals surface area contributed by atoms with Gasteiger partial charge in [-0.3, -0.25) is 4.79 Å². The van der Waals surface area contributed by atoms with Crippen molar-refractivity contribution in [2.75, 3.05) is 19.7 Å². The molecule has 1 fully saturated rings. The Kier molecular flexibility index (Phi) is 4.60. The topological polar surface area (TPSA) is 60.2 Å². The highest BCUT2D eigenvalue weighted by Gasteiger charge is 2.26. The number of fused-ring (bicyclic) bond motifs is 1. The molecule has 0 aliphatic carbocycles. The van der Waals surface area contributed by atoms with Crippen molar-refractivity contribution in [3.05, 3.63) is 33.5 Å². The summed E-state index contributed by atoms with van der Waals surface area (Å²) >= 11 is 1.58. The van der Waals surface area contributed by atoms with Crippen LogP contribution in [0.5, 0.6) is 0 Å². The van der Waals surface area contributed by atoms with E-state index in [1.807, 2.05) is 11.0 Å². The van der Waals surface area contributed by atoms with E-state index in [-0.39, 0.29) is 12.0 Å². The molecule has 1 saturated heterocycles. The summed E-state index contributed by atoms with van der Waals surface area (Å²) in [7, 11) is 0. The molecule has 2 aliphatic rings. The number of thiophene rings is 1. The van der Waals surface area contributed by atoms with Crippen molar-refractivity contribution in [2.24, 2.45) is 0 Å². The maximum Gasteiger partial charge on any atom is 0.264 e. The van der Waals surface area contributed by atoms with E-state index >= 15 is 0 Å². The highest BCUT2D eigenvalue weighted by molar-refractivity contribution is 7.14. The summed E-state index contributed by atoms with van der Waals surface area (Å²) in [6.07, 6.45) is 3.11. The van der Waals surface area contributed by atoms with Crippen LogP contribution < -0.4 is 0 Å². The third kappa shape index (κ3) is 3.22. The molecule has 134 valence electrons. The average molecular weight is 360 g/mol. The van der Waals surface area contributed by atoms with E-state index in [0.717, 1.165) is 48.9 Å². The number of nitrogens with zero attached hydrogens (tertiary/aromatic N) is 4. The van der Waals surface area contributed by atoms with E-state index in [9.17, 15) is 4.79 Å². The second-order valence-corrected chi connectivity index (χ2v) is 8.14. The van der Waals surface area contributed by atoms with Gasteiger partial charge in [-0.15, -0.1) is 21.5 Å². The van der Waals surface area contributed by atoms with Gasteiger partial charge in [0.2, 0.25) is 0 Å². The lowest BCUT2D eigenvalue weighted by molar-refractivity contribution is 0.0763. The average Bonchev–Trinajstić information content (AvgIpc) is 3.32. The largest absolute Gasteiger partial charge is 0.373 e. The standard InChI is InChI=1S/C18H24N4O2S/c1-12(2)17-20-19-16-7-8-21(9-10-22(16)17)18(23)15-6-5-14(25-15)13-4-3-11-24-13/h5-6,12-13H,3-4,7-11H2,1-2H3/t13-/m0/s1. The van der Waals surface area contributed by atoms with Gasteiger partial charge < -0.3 is 14.2 Å². The number of hydrogen-bond donors (Lipinski definition) is 0. The monoisotopic (exact) mass is 360 g/mol. The fourth-order valence-electron chi connectivity index (χ4n) is 3.57. The molecule has 0 aromatic carbocycles. The van der Waals surface area contributed by atoms with Crippen LogP contribution in [0.2, 0.25) is 0 Å². The Morgan fingerprint density at radius 2 is 2.16 bits per heavy atom. The lowest BCUT2D eigenvalue weighted by Gasteiger charge is -2.19. The minimum absolute atomic E-state index is 0.124. The Labute approximate surface area is 151 Å². The number of carbonyl (C=O) groups excluding carboxylic acids is 1. The molecule has 4 heterocycles. The van der Waals surface area contributed by atoms with Gasteiger partial charge in [0.25, 0.3) is 5.91 Å². The highest BCUT2D eigenvalue weighted by atomic mass is 32.1. The summed E-state index contributed by atoms with van der Waals surface area (Å²) in [6, 6.07) is 4.01. The molecule has 25 heavy (non-hydrogen) atoms. The van der Waals surface area contributed by atoms with Gasteiger partial charge in [-0.2, -0.15) is 0 Å². The molecular formula is C18H24N4O2S. The smallest absolute Gasteiger partial charge is 0.264 e. The molecule has 2 aromatic rings. The zero-order valence-electron chi connectivity index (χ0n) is 14.8. The van der Waals surface area contributed by atoms with Gasteiger partial charge in [0, 0.05) is 43.5 Å². The fourth-order valence-corrected chi connectivity index (χ4v) is 4.63. The molecule has 0 spiro atoms. The number of aromatic nitrogens is 3. The lowest BCUT2D eigenvalue weighted by atomic mass is 10.2. The van der Waals surface area contributed by atoms with Gasteiger partial charge in [-0.25, -0.2) is 0 Å². The maximum atomic E-state index is 12.9. The third-order valence-electron chi connectivity index (χ3n) is 4.94. The van der Waals surface area contributed by atoms with Crippen LogP contribution in [0, 0.1) is 0 Å². The van der Waals surface area contributed by atoms with E-state index in [1.54, 1.807) is 11.3 Å². The predicted octanol–water partition coefficient (Wildman–Crippen LogP) is 3.01. The number of hydrogen-bond acceptors (Lipinski definition) is 5. The van der Waals surface area contributed by atoms with Crippen molar-refractivity contribution in [3.8, 4) is 0 Å². The first-order valence-corrected chi connectivity index (χ1v) is 9.87. The molecule has 0 radical (unpaired) electrons. The Hall–Kier alpha value is -1.73. The first kappa shape index (κ1) is 16.7. The minimum atomic E-state index is 0.124. The fraction of sp³-hybridized carbons (Fsp3) is 0.611. The van der Waals surface area contributed by atoms with Crippen LogP contribution >= 0.6 is 11.3 Å². The van der Waals surface area contributed by atoms with Gasteiger partial charge in [0.05, 0.1) is 11.0 Å². The molecule has 2 aliphatic heterocycles. The van der Waals surface area contributed by atoms with E-state index in [0.29, 0.717) is 19.0 Å². The highest BCUT2D eigenvalue weighted by Crippen LogP contribution is 2.33. The minimum Gasteiger partial charge on any atom is -0.373 e. The summed E-state index contributed by atoms with van der Waals surface area (Å²) in [4.78, 5) is 16.9. The lowest BCUT2D eigenvalue weighted by Crippen LogP contribution is -2.33. The Morgan fingerprint density at radius 3 is 2.92 bits per heavy atom. The molecule has 1 amide bonds. The van der Waals surface area contributed by atoms with Crippen molar-refractivity contribution in [3.63, 3.8) is 0 Å². The van der Waals surface area contributed by atoms with Crippen LogP contribution in [0.4, 0.5) is 0 Å².